The molecule has 104 valence electrons. The Hall–Kier alpha value is -2.21. The summed E-state index contributed by atoms with van der Waals surface area (Å²) in [5, 5.41) is 16.3. The average Bonchev–Trinajstić information content (AvgIpc) is 2.83. The van der Waals surface area contributed by atoms with Crippen molar-refractivity contribution >= 4 is 5.97 Å². The van der Waals surface area contributed by atoms with Crippen molar-refractivity contribution < 1.29 is 9.90 Å². The smallest absolute Gasteiger partial charge is 0.312 e. The van der Waals surface area contributed by atoms with Gasteiger partial charge in [-0.15, -0.1) is 0 Å². The van der Waals surface area contributed by atoms with E-state index >= 15 is 0 Å². The van der Waals surface area contributed by atoms with Crippen LogP contribution in [-0.2, 0) is 17.9 Å². The fraction of sp³-hybridized carbons (Fsp3) is 0.357. The van der Waals surface area contributed by atoms with Gasteiger partial charge in [-0.3, -0.25) is 14.8 Å². The highest BCUT2D eigenvalue weighted by molar-refractivity contribution is 5.77. The number of carboxylic acids is 1. The Morgan fingerprint density at radius 3 is 3.00 bits per heavy atom. The van der Waals surface area contributed by atoms with E-state index in [9.17, 15) is 9.90 Å². The maximum Gasteiger partial charge on any atom is 0.312 e. The third kappa shape index (κ3) is 2.42. The van der Waals surface area contributed by atoms with E-state index in [0.29, 0.717) is 18.9 Å². The van der Waals surface area contributed by atoms with Crippen LogP contribution >= 0.6 is 0 Å². The fourth-order valence-corrected chi connectivity index (χ4v) is 2.67. The van der Waals surface area contributed by atoms with Gasteiger partial charge < -0.3 is 5.11 Å². The topological polar surface area (TPSA) is 82.1 Å². The number of carboxylic acid groups (broad SMARTS) is 1. The number of hydrogen-bond donors (Lipinski definition) is 2. The van der Waals surface area contributed by atoms with Crippen molar-refractivity contribution in [1.29, 1.82) is 0 Å². The molecule has 0 aliphatic carbocycles. The highest BCUT2D eigenvalue weighted by Gasteiger charge is 2.30. The summed E-state index contributed by atoms with van der Waals surface area (Å²) in [6.07, 6.45) is 0. The Bertz CT molecular complexity index is 638. The van der Waals surface area contributed by atoms with Crippen LogP contribution in [0.2, 0.25) is 0 Å². The number of rotatable bonds is 3. The van der Waals surface area contributed by atoms with Crippen LogP contribution in [0.3, 0.4) is 0 Å². The Morgan fingerprint density at radius 2 is 2.30 bits per heavy atom. The zero-order valence-corrected chi connectivity index (χ0v) is 11.2. The quantitative estimate of drug-likeness (QED) is 0.880. The van der Waals surface area contributed by atoms with Crippen LogP contribution < -0.4 is 0 Å². The zero-order chi connectivity index (χ0) is 14.1. The van der Waals surface area contributed by atoms with Crippen molar-refractivity contribution in [3.05, 3.63) is 47.0 Å². The molecule has 0 radical (unpaired) electrons. The number of aromatic amines is 1. The van der Waals surface area contributed by atoms with E-state index in [2.05, 4.69) is 20.1 Å². The lowest BCUT2D eigenvalue weighted by molar-refractivity contribution is -0.139. The number of benzene rings is 1. The standard InChI is InChI=1S/C14H16N4O2/c1-9-15-13(17-16-9)8-18-6-10-4-2-3-5-11(10)12(7-18)14(19)20/h2-5,12H,6-8H2,1H3,(H,19,20)(H,15,16,17). The number of aliphatic carboxylic acids is 1. The van der Waals surface area contributed by atoms with Gasteiger partial charge in [0.15, 0.2) is 5.82 Å². The minimum Gasteiger partial charge on any atom is -0.481 e. The van der Waals surface area contributed by atoms with Crippen LogP contribution in [0.1, 0.15) is 28.7 Å². The molecule has 1 aliphatic heterocycles. The van der Waals surface area contributed by atoms with Crippen molar-refractivity contribution in [2.75, 3.05) is 6.54 Å². The van der Waals surface area contributed by atoms with E-state index in [-0.39, 0.29) is 0 Å². The number of aromatic nitrogens is 3. The van der Waals surface area contributed by atoms with Crippen molar-refractivity contribution in [1.82, 2.24) is 20.1 Å². The summed E-state index contributed by atoms with van der Waals surface area (Å²) < 4.78 is 0. The van der Waals surface area contributed by atoms with Crippen LogP contribution in [0, 0.1) is 6.92 Å². The van der Waals surface area contributed by atoms with Crippen LogP contribution in [0.25, 0.3) is 0 Å². The Labute approximate surface area is 116 Å². The van der Waals surface area contributed by atoms with Crippen molar-refractivity contribution in [2.24, 2.45) is 0 Å². The second kappa shape index (κ2) is 5.05. The summed E-state index contributed by atoms with van der Waals surface area (Å²) in [6.45, 7) is 3.62. The van der Waals surface area contributed by atoms with E-state index < -0.39 is 11.9 Å². The van der Waals surface area contributed by atoms with Gasteiger partial charge in [-0.1, -0.05) is 24.3 Å². The molecule has 6 nitrogen and oxygen atoms in total. The van der Waals surface area contributed by atoms with E-state index in [4.69, 9.17) is 0 Å². The maximum atomic E-state index is 11.5. The summed E-state index contributed by atoms with van der Waals surface area (Å²) in [7, 11) is 0. The first-order valence-electron chi connectivity index (χ1n) is 6.54. The number of aryl methyl sites for hydroxylation is 1. The molecule has 2 heterocycles. The first-order valence-corrected chi connectivity index (χ1v) is 6.54. The lowest BCUT2D eigenvalue weighted by Crippen LogP contribution is -2.36. The summed E-state index contributed by atoms with van der Waals surface area (Å²) in [4.78, 5) is 17.8. The number of nitrogens with zero attached hydrogens (tertiary/aromatic N) is 3. The van der Waals surface area contributed by atoms with E-state index in [1.54, 1.807) is 0 Å². The lowest BCUT2D eigenvalue weighted by atomic mass is 9.90. The van der Waals surface area contributed by atoms with Crippen LogP contribution in [0.5, 0.6) is 0 Å². The van der Waals surface area contributed by atoms with Gasteiger partial charge in [-0.25, -0.2) is 4.98 Å². The van der Waals surface area contributed by atoms with Gasteiger partial charge in [0.05, 0.1) is 12.5 Å². The van der Waals surface area contributed by atoms with Gasteiger partial charge in [-0.05, 0) is 18.1 Å². The van der Waals surface area contributed by atoms with Gasteiger partial charge in [0.25, 0.3) is 0 Å². The maximum absolute atomic E-state index is 11.5. The van der Waals surface area contributed by atoms with Gasteiger partial charge >= 0.3 is 5.97 Å². The molecular weight excluding hydrogens is 256 g/mol. The van der Waals surface area contributed by atoms with Crippen LogP contribution in [0.15, 0.2) is 24.3 Å². The average molecular weight is 272 g/mol. The largest absolute Gasteiger partial charge is 0.481 e. The third-order valence-electron chi connectivity index (χ3n) is 3.57. The number of carbonyl (C=O) groups is 1. The van der Waals surface area contributed by atoms with Gasteiger partial charge in [-0.2, -0.15) is 5.10 Å². The number of nitrogens with one attached hydrogen (secondary N) is 1. The number of fused-ring (bicyclic) bond motifs is 1. The molecule has 1 atom stereocenters. The molecule has 0 saturated heterocycles. The van der Waals surface area contributed by atoms with Crippen molar-refractivity contribution in [3.8, 4) is 0 Å². The first-order chi connectivity index (χ1) is 9.63. The monoisotopic (exact) mass is 272 g/mol. The molecule has 6 heteroatoms. The summed E-state index contributed by atoms with van der Waals surface area (Å²) in [5.74, 6) is 0.200. The highest BCUT2D eigenvalue weighted by atomic mass is 16.4. The second-order valence-electron chi connectivity index (χ2n) is 5.10. The minimum atomic E-state index is -0.784. The second-order valence-corrected chi connectivity index (χ2v) is 5.10. The molecule has 0 amide bonds. The minimum absolute atomic E-state index is 0.486. The molecule has 0 spiro atoms. The third-order valence-corrected chi connectivity index (χ3v) is 3.57. The van der Waals surface area contributed by atoms with Gasteiger partial charge in [0.2, 0.25) is 0 Å². The fourth-order valence-electron chi connectivity index (χ4n) is 2.67. The summed E-state index contributed by atoms with van der Waals surface area (Å²) >= 11 is 0. The predicted octanol–water partition coefficient (Wildman–Crippen LogP) is 1.30. The van der Waals surface area contributed by atoms with Gasteiger partial charge in [0, 0.05) is 13.1 Å². The summed E-state index contributed by atoms with van der Waals surface area (Å²) in [5.41, 5.74) is 1.99. The van der Waals surface area contributed by atoms with Gasteiger partial charge in [0.1, 0.15) is 5.82 Å². The van der Waals surface area contributed by atoms with E-state index in [1.165, 1.54) is 0 Å². The molecule has 1 aromatic carbocycles. The molecule has 2 aromatic rings. The van der Waals surface area contributed by atoms with E-state index in [1.807, 2.05) is 31.2 Å². The zero-order valence-electron chi connectivity index (χ0n) is 11.2. The molecule has 3 rings (SSSR count). The molecule has 20 heavy (non-hydrogen) atoms. The first kappa shape index (κ1) is 12.8. The molecule has 0 saturated carbocycles. The Balaban J connectivity index is 1.84. The number of H-pyrrole nitrogens is 1. The lowest BCUT2D eigenvalue weighted by Gasteiger charge is -2.31. The predicted molar refractivity (Wildman–Crippen MR) is 72.1 cm³/mol. The van der Waals surface area contributed by atoms with Crippen molar-refractivity contribution in [3.63, 3.8) is 0 Å². The number of hydrogen-bond acceptors (Lipinski definition) is 4. The summed E-state index contributed by atoms with van der Waals surface area (Å²) in [6, 6.07) is 7.73. The van der Waals surface area contributed by atoms with Crippen molar-refractivity contribution in [2.45, 2.75) is 25.9 Å². The molecule has 1 unspecified atom stereocenters. The van der Waals surface area contributed by atoms with E-state index in [0.717, 1.165) is 23.5 Å². The normalized spacial score (nSPS) is 18.8. The molecule has 0 fully saturated rings. The molecule has 1 aliphatic rings. The SMILES string of the molecule is Cc1nc(CN2Cc3ccccc3C(C(=O)O)C2)n[nH]1. The molecular formula is C14H16N4O2. The molecule has 0 bridgehead atoms. The molecule has 2 N–H and O–H groups in total. The Morgan fingerprint density at radius 1 is 1.50 bits per heavy atom. The highest BCUT2D eigenvalue weighted by Crippen LogP contribution is 2.28. The molecule has 1 aromatic heterocycles. The van der Waals surface area contributed by atoms with Crippen LogP contribution in [-0.4, -0.2) is 37.7 Å². The van der Waals surface area contributed by atoms with Crippen LogP contribution in [0.4, 0.5) is 0 Å². The Kier molecular flexibility index (Phi) is 3.23.